The average molecular weight is 413 g/mol. The molecule has 9 heteroatoms. The summed E-state index contributed by atoms with van der Waals surface area (Å²) in [6.45, 7) is 1.18. The van der Waals surface area contributed by atoms with Crippen LogP contribution in [0.1, 0.15) is 26.3 Å². The number of halogens is 1. The van der Waals surface area contributed by atoms with Gasteiger partial charge in [-0.3, -0.25) is 9.59 Å². The highest BCUT2D eigenvalue weighted by Crippen LogP contribution is 2.29. The van der Waals surface area contributed by atoms with Gasteiger partial charge in [-0.05, 0) is 52.0 Å². The van der Waals surface area contributed by atoms with E-state index in [2.05, 4.69) is 21.2 Å². The number of anilines is 1. The Hall–Kier alpha value is -2.39. The number of amides is 2. The first-order chi connectivity index (χ1) is 11.3. The number of thiophene rings is 1. The molecule has 4 N–H and O–H groups in total. The average Bonchev–Trinajstić information content (AvgIpc) is 2.96. The van der Waals surface area contributed by atoms with E-state index in [1.54, 1.807) is 18.4 Å². The van der Waals surface area contributed by atoms with Crippen LogP contribution in [0.25, 0.3) is 0 Å². The maximum absolute atomic E-state index is 12.0. The van der Waals surface area contributed by atoms with Gasteiger partial charge in [0.05, 0.1) is 10.0 Å². The lowest BCUT2D eigenvalue weighted by Gasteiger charge is -2.09. The van der Waals surface area contributed by atoms with Gasteiger partial charge < -0.3 is 20.9 Å². The van der Waals surface area contributed by atoms with Gasteiger partial charge in [-0.15, -0.1) is 11.3 Å². The summed E-state index contributed by atoms with van der Waals surface area (Å²) in [5.41, 5.74) is 6.04. The summed E-state index contributed by atoms with van der Waals surface area (Å²) in [6, 6.07) is 4.57. The van der Waals surface area contributed by atoms with E-state index < -0.39 is 24.4 Å². The zero-order valence-corrected chi connectivity index (χ0v) is 14.9. The molecule has 0 aliphatic carbocycles. The van der Waals surface area contributed by atoms with Gasteiger partial charge >= 0.3 is 5.97 Å². The van der Waals surface area contributed by atoms with E-state index in [0.717, 1.165) is 16.9 Å². The molecule has 1 aromatic heterocycles. The molecule has 2 aromatic rings. The minimum absolute atomic E-state index is 0.0522. The fourth-order valence-corrected chi connectivity index (χ4v) is 3.25. The van der Waals surface area contributed by atoms with Crippen LogP contribution < -0.4 is 11.1 Å². The summed E-state index contributed by atoms with van der Waals surface area (Å²) in [7, 11) is 0. The number of phenolic OH excluding ortho intramolecular Hbond substituents is 1. The summed E-state index contributed by atoms with van der Waals surface area (Å²) >= 11 is 4.25. The number of carbonyl (C=O) groups excluding carboxylic acids is 3. The number of carbonyl (C=O) groups is 3. The standard InChI is InChI=1S/C15H13BrN2O5S/c1-7-4-9(12(20)10(16)5-7)15(22)23-6-11(19)18-14-8(13(17)21)2-3-24-14/h2-5,20H,6H2,1H3,(H2,17,21)(H,18,19). The molecular weight excluding hydrogens is 400 g/mol. The van der Waals surface area contributed by atoms with Gasteiger partial charge in [0.25, 0.3) is 11.8 Å². The fraction of sp³-hybridized carbons (Fsp3) is 0.133. The van der Waals surface area contributed by atoms with Crippen molar-refractivity contribution >= 4 is 50.1 Å². The van der Waals surface area contributed by atoms with Crippen molar-refractivity contribution in [3.8, 4) is 5.75 Å². The van der Waals surface area contributed by atoms with Crippen LogP contribution in [-0.2, 0) is 9.53 Å². The molecule has 0 spiro atoms. The number of esters is 1. The van der Waals surface area contributed by atoms with Crippen molar-refractivity contribution in [1.29, 1.82) is 0 Å². The van der Waals surface area contributed by atoms with Gasteiger partial charge in [-0.1, -0.05) is 0 Å². The number of aromatic hydroxyl groups is 1. The second-order valence-corrected chi connectivity index (χ2v) is 6.57. The molecule has 0 unspecified atom stereocenters. The maximum atomic E-state index is 12.0. The van der Waals surface area contributed by atoms with E-state index in [9.17, 15) is 19.5 Å². The molecule has 0 aliphatic heterocycles. The topological polar surface area (TPSA) is 119 Å². The number of hydrogen-bond donors (Lipinski definition) is 3. The van der Waals surface area contributed by atoms with Crippen LogP contribution in [0.4, 0.5) is 5.00 Å². The summed E-state index contributed by atoms with van der Waals surface area (Å²) < 4.78 is 5.24. The lowest BCUT2D eigenvalue weighted by Crippen LogP contribution is -2.22. The normalized spacial score (nSPS) is 10.2. The third-order valence-corrected chi connectivity index (χ3v) is 4.38. The Balaban J connectivity index is 2.00. The molecule has 2 amide bonds. The van der Waals surface area contributed by atoms with Gasteiger partial charge in [-0.25, -0.2) is 4.79 Å². The summed E-state index contributed by atoms with van der Waals surface area (Å²) in [5, 5.41) is 14.2. The van der Waals surface area contributed by atoms with Crippen molar-refractivity contribution in [2.24, 2.45) is 5.73 Å². The molecule has 2 rings (SSSR count). The summed E-state index contributed by atoms with van der Waals surface area (Å²) in [6.07, 6.45) is 0. The van der Waals surface area contributed by atoms with Gasteiger partial charge in [-0.2, -0.15) is 0 Å². The second-order valence-electron chi connectivity index (χ2n) is 4.79. The first-order valence-electron chi connectivity index (χ1n) is 6.63. The molecule has 0 fully saturated rings. The zero-order valence-electron chi connectivity index (χ0n) is 12.5. The van der Waals surface area contributed by atoms with Gasteiger partial charge in [0.1, 0.15) is 16.3 Å². The number of rotatable bonds is 5. The Kier molecular flexibility index (Phi) is 5.58. The van der Waals surface area contributed by atoms with E-state index >= 15 is 0 Å². The van der Waals surface area contributed by atoms with E-state index in [4.69, 9.17) is 10.5 Å². The largest absolute Gasteiger partial charge is 0.506 e. The van der Waals surface area contributed by atoms with Crippen molar-refractivity contribution in [2.45, 2.75) is 6.92 Å². The minimum Gasteiger partial charge on any atom is -0.506 e. The van der Waals surface area contributed by atoms with E-state index in [0.29, 0.717) is 4.47 Å². The number of nitrogens with one attached hydrogen (secondary N) is 1. The molecule has 0 bridgehead atoms. The van der Waals surface area contributed by atoms with Crippen molar-refractivity contribution in [3.05, 3.63) is 44.7 Å². The molecular formula is C15H13BrN2O5S. The first kappa shape index (κ1) is 18.0. The number of benzene rings is 1. The van der Waals surface area contributed by atoms with E-state index in [1.807, 2.05) is 0 Å². The quantitative estimate of drug-likeness (QED) is 0.651. The smallest absolute Gasteiger partial charge is 0.342 e. The SMILES string of the molecule is Cc1cc(Br)c(O)c(C(=O)OCC(=O)Nc2sccc2C(N)=O)c1. The molecule has 0 saturated heterocycles. The minimum atomic E-state index is -0.839. The zero-order chi connectivity index (χ0) is 17.9. The molecule has 126 valence electrons. The molecule has 0 radical (unpaired) electrons. The molecule has 7 nitrogen and oxygen atoms in total. The number of aryl methyl sites for hydroxylation is 1. The van der Waals surface area contributed by atoms with E-state index in [-0.39, 0.29) is 21.9 Å². The number of primary amides is 1. The third kappa shape index (κ3) is 4.12. The summed E-state index contributed by atoms with van der Waals surface area (Å²) in [5.74, 6) is -2.40. The van der Waals surface area contributed by atoms with Crippen molar-refractivity contribution in [1.82, 2.24) is 0 Å². The molecule has 1 aromatic carbocycles. The van der Waals surface area contributed by atoms with Crippen molar-refractivity contribution in [3.63, 3.8) is 0 Å². The molecule has 0 aliphatic rings. The lowest BCUT2D eigenvalue weighted by molar-refractivity contribution is -0.119. The van der Waals surface area contributed by atoms with Gasteiger partial charge in [0.15, 0.2) is 6.61 Å². The Morgan fingerprint density at radius 3 is 2.71 bits per heavy atom. The van der Waals surface area contributed by atoms with Crippen LogP contribution in [0.15, 0.2) is 28.1 Å². The summed E-state index contributed by atoms with van der Waals surface area (Å²) in [4.78, 5) is 35.0. The fourth-order valence-electron chi connectivity index (χ4n) is 1.86. The van der Waals surface area contributed by atoms with Crippen molar-refractivity contribution < 1.29 is 24.2 Å². The van der Waals surface area contributed by atoms with Gasteiger partial charge in [0.2, 0.25) is 0 Å². The lowest BCUT2D eigenvalue weighted by atomic mass is 10.1. The predicted molar refractivity (Wildman–Crippen MR) is 92.3 cm³/mol. The maximum Gasteiger partial charge on any atom is 0.342 e. The Morgan fingerprint density at radius 2 is 2.04 bits per heavy atom. The Morgan fingerprint density at radius 1 is 1.33 bits per heavy atom. The highest BCUT2D eigenvalue weighted by atomic mass is 79.9. The van der Waals surface area contributed by atoms with Crippen LogP contribution in [0.2, 0.25) is 0 Å². The number of phenols is 1. The van der Waals surface area contributed by atoms with Crippen LogP contribution in [0.3, 0.4) is 0 Å². The molecule has 0 atom stereocenters. The van der Waals surface area contributed by atoms with Crippen LogP contribution >= 0.6 is 27.3 Å². The first-order valence-corrected chi connectivity index (χ1v) is 8.30. The monoisotopic (exact) mass is 412 g/mol. The second kappa shape index (κ2) is 7.45. The Bertz CT molecular complexity index is 818. The predicted octanol–water partition coefficient (Wildman–Crippen LogP) is 2.42. The van der Waals surface area contributed by atoms with E-state index in [1.165, 1.54) is 12.1 Å². The highest BCUT2D eigenvalue weighted by molar-refractivity contribution is 9.10. The van der Waals surface area contributed by atoms with Gasteiger partial charge in [0, 0.05) is 0 Å². The highest BCUT2D eigenvalue weighted by Gasteiger charge is 2.18. The van der Waals surface area contributed by atoms with Crippen LogP contribution in [0, 0.1) is 6.92 Å². The Labute approximate surface area is 149 Å². The third-order valence-electron chi connectivity index (χ3n) is 2.95. The molecule has 0 saturated carbocycles. The molecule has 24 heavy (non-hydrogen) atoms. The number of ether oxygens (including phenoxy) is 1. The number of hydrogen-bond acceptors (Lipinski definition) is 6. The van der Waals surface area contributed by atoms with Crippen LogP contribution in [-0.4, -0.2) is 29.5 Å². The van der Waals surface area contributed by atoms with Crippen molar-refractivity contribution in [2.75, 3.05) is 11.9 Å². The van der Waals surface area contributed by atoms with Crippen LogP contribution in [0.5, 0.6) is 5.75 Å². The number of nitrogens with two attached hydrogens (primary N) is 1. The molecule has 1 heterocycles.